The highest BCUT2D eigenvalue weighted by Gasteiger charge is 2.29. The summed E-state index contributed by atoms with van der Waals surface area (Å²) in [6, 6.07) is 15.9. The molecule has 27 heavy (non-hydrogen) atoms. The van der Waals surface area contributed by atoms with Crippen LogP contribution in [0.2, 0.25) is 0 Å². The predicted molar refractivity (Wildman–Crippen MR) is 105 cm³/mol. The number of ether oxygens (including phenoxy) is 1. The van der Waals surface area contributed by atoms with Crippen molar-refractivity contribution in [1.29, 1.82) is 0 Å². The van der Waals surface area contributed by atoms with Crippen LogP contribution in [0.1, 0.15) is 24.9 Å². The molecule has 0 aliphatic carbocycles. The van der Waals surface area contributed by atoms with Crippen LogP contribution in [-0.2, 0) is 10.0 Å². The van der Waals surface area contributed by atoms with Gasteiger partial charge in [-0.05, 0) is 36.8 Å². The number of nitrogens with zero attached hydrogens (tertiary/aromatic N) is 3. The number of methoxy groups -OCH3 is 1. The highest BCUT2D eigenvalue weighted by atomic mass is 32.2. The molecule has 7 nitrogen and oxygen atoms in total. The minimum absolute atomic E-state index is 0.102. The maximum Gasteiger partial charge on any atom is 0.264 e. The summed E-state index contributed by atoms with van der Waals surface area (Å²) >= 11 is 0. The lowest BCUT2D eigenvalue weighted by Gasteiger charge is -2.25. The van der Waals surface area contributed by atoms with Gasteiger partial charge in [-0.15, -0.1) is 0 Å². The topological polar surface area (TPSA) is 83.4 Å². The van der Waals surface area contributed by atoms with E-state index in [9.17, 15) is 8.42 Å². The van der Waals surface area contributed by atoms with E-state index in [0.29, 0.717) is 18.7 Å². The van der Waals surface area contributed by atoms with Crippen molar-refractivity contribution in [3.05, 3.63) is 60.2 Å². The van der Waals surface area contributed by atoms with Crippen LogP contribution in [0.25, 0.3) is 0 Å². The highest BCUT2D eigenvalue weighted by molar-refractivity contribution is 7.90. The Morgan fingerprint density at radius 2 is 1.93 bits per heavy atom. The largest absolute Gasteiger partial charge is 0.497 e. The van der Waals surface area contributed by atoms with E-state index < -0.39 is 10.0 Å². The van der Waals surface area contributed by atoms with E-state index in [2.05, 4.69) is 14.8 Å². The van der Waals surface area contributed by atoms with Crippen LogP contribution in [0.15, 0.2) is 69.6 Å². The van der Waals surface area contributed by atoms with E-state index in [-0.39, 0.29) is 16.9 Å². The molecule has 2 aromatic rings. The van der Waals surface area contributed by atoms with Gasteiger partial charge in [0.05, 0.1) is 18.0 Å². The van der Waals surface area contributed by atoms with E-state index in [4.69, 9.17) is 4.74 Å². The third kappa shape index (κ3) is 4.28. The average molecular weight is 386 g/mol. The summed E-state index contributed by atoms with van der Waals surface area (Å²) in [6.45, 7) is 2.27. The van der Waals surface area contributed by atoms with Crippen molar-refractivity contribution >= 4 is 22.2 Å². The molecule has 1 unspecified atom stereocenters. The fraction of sp³-hybridized carbons (Fsp3) is 0.263. The Balaban J connectivity index is 1.87. The van der Waals surface area contributed by atoms with Crippen LogP contribution in [0.3, 0.4) is 0 Å². The minimum Gasteiger partial charge on any atom is -0.497 e. The fourth-order valence-electron chi connectivity index (χ4n) is 2.81. The first kappa shape index (κ1) is 18.9. The van der Waals surface area contributed by atoms with Gasteiger partial charge < -0.3 is 4.74 Å². The molecular formula is C19H22N4O3S. The highest BCUT2D eigenvalue weighted by Crippen LogP contribution is 2.28. The standard InChI is InChI=1S/C19H22N4O3S/c1-3-20-19(22-27(24,25)17-11-9-16(26-2)10-12-17)23-18(13-14-21-23)15-7-5-4-6-8-15/h4-12,14,18H,3,13H2,1-2H3,(H,20,22). The quantitative estimate of drug-likeness (QED) is 0.633. The van der Waals surface area contributed by atoms with Gasteiger partial charge in [-0.2, -0.15) is 5.10 Å². The number of aliphatic imine (C=N–C) groups is 1. The average Bonchev–Trinajstić information content (AvgIpc) is 3.18. The molecule has 0 fully saturated rings. The first-order valence-electron chi connectivity index (χ1n) is 8.63. The second-order valence-corrected chi connectivity index (χ2v) is 7.57. The second kappa shape index (κ2) is 8.22. The Labute approximate surface area is 159 Å². The molecule has 0 saturated heterocycles. The molecule has 1 heterocycles. The Kier molecular flexibility index (Phi) is 5.75. The van der Waals surface area contributed by atoms with Crippen molar-refractivity contribution in [3.8, 4) is 5.75 Å². The van der Waals surface area contributed by atoms with Crippen molar-refractivity contribution in [2.24, 2.45) is 10.1 Å². The van der Waals surface area contributed by atoms with E-state index in [0.717, 1.165) is 5.56 Å². The Bertz CT molecular complexity index is 925. The molecule has 142 valence electrons. The van der Waals surface area contributed by atoms with E-state index in [1.54, 1.807) is 23.4 Å². The summed E-state index contributed by atoms with van der Waals surface area (Å²) < 4.78 is 33.3. The summed E-state index contributed by atoms with van der Waals surface area (Å²) in [5.41, 5.74) is 1.04. The molecule has 0 amide bonds. The van der Waals surface area contributed by atoms with Gasteiger partial charge in [0.25, 0.3) is 10.0 Å². The molecule has 8 heteroatoms. The van der Waals surface area contributed by atoms with E-state index in [1.807, 2.05) is 37.3 Å². The molecular weight excluding hydrogens is 364 g/mol. The summed E-state index contributed by atoms with van der Waals surface area (Å²) in [4.78, 5) is 4.47. The third-order valence-corrected chi connectivity index (χ3v) is 5.48. The van der Waals surface area contributed by atoms with Gasteiger partial charge >= 0.3 is 0 Å². The number of nitrogens with one attached hydrogen (secondary N) is 1. The molecule has 0 radical (unpaired) electrons. The summed E-state index contributed by atoms with van der Waals surface area (Å²) in [5.74, 6) is 0.792. The number of benzene rings is 2. The summed E-state index contributed by atoms with van der Waals surface area (Å²) in [7, 11) is -2.27. The number of hydrogen-bond acceptors (Lipinski definition) is 5. The Morgan fingerprint density at radius 3 is 2.56 bits per heavy atom. The lowest BCUT2D eigenvalue weighted by atomic mass is 10.1. The maximum atomic E-state index is 12.8. The normalized spacial score (nSPS) is 17.2. The SMILES string of the molecule is CCN=C(NS(=O)(=O)c1ccc(OC)cc1)N1N=CCC1c1ccccc1. The van der Waals surface area contributed by atoms with Crippen LogP contribution >= 0.6 is 0 Å². The number of rotatable bonds is 5. The molecule has 0 saturated carbocycles. The van der Waals surface area contributed by atoms with Crippen LogP contribution in [0.4, 0.5) is 0 Å². The molecule has 2 aromatic carbocycles. The van der Waals surface area contributed by atoms with Gasteiger partial charge in [-0.25, -0.2) is 18.1 Å². The van der Waals surface area contributed by atoms with Crippen LogP contribution in [0, 0.1) is 0 Å². The molecule has 0 spiro atoms. The lowest BCUT2D eigenvalue weighted by Crippen LogP contribution is -2.42. The predicted octanol–water partition coefficient (Wildman–Crippen LogP) is 2.78. The first-order chi connectivity index (χ1) is 13.0. The van der Waals surface area contributed by atoms with Crippen molar-refractivity contribution in [2.75, 3.05) is 13.7 Å². The van der Waals surface area contributed by atoms with Crippen LogP contribution in [-0.4, -0.2) is 39.3 Å². The smallest absolute Gasteiger partial charge is 0.264 e. The van der Waals surface area contributed by atoms with Crippen molar-refractivity contribution in [1.82, 2.24) is 9.73 Å². The molecule has 3 rings (SSSR count). The van der Waals surface area contributed by atoms with Gasteiger partial charge in [-0.3, -0.25) is 4.99 Å². The first-order valence-corrected chi connectivity index (χ1v) is 10.1. The van der Waals surface area contributed by atoms with Gasteiger partial charge in [-0.1, -0.05) is 30.3 Å². The van der Waals surface area contributed by atoms with Crippen LogP contribution < -0.4 is 9.46 Å². The van der Waals surface area contributed by atoms with E-state index in [1.165, 1.54) is 19.2 Å². The third-order valence-electron chi connectivity index (χ3n) is 4.13. The Morgan fingerprint density at radius 1 is 1.22 bits per heavy atom. The van der Waals surface area contributed by atoms with Crippen molar-refractivity contribution < 1.29 is 13.2 Å². The zero-order valence-electron chi connectivity index (χ0n) is 15.2. The molecule has 1 aliphatic heterocycles. The monoisotopic (exact) mass is 386 g/mol. The van der Waals surface area contributed by atoms with Crippen molar-refractivity contribution in [2.45, 2.75) is 24.3 Å². The molecule has 0 aromatic heterocycles. The molecule has 1 aliphatic rings. The second-order valence-electron chi connectivity index (χ2n) is 5.88. The van der Waals surface area contributed by atoms with Gasteiger partial charge in [0.1, 0.15) is 5.75 Å². The Hall–Kier alpha value is -2.87. The van der Waals surface area contributed by atoms with E-state index >= 15 is 0 Å². The zero-order valence-corrected chi connectivity index (χ0v) is 16.1. The molecule has 1 N–H and O–H groups in total. The molecule has 0 bridgehead atoms. The fourth-order valence-corrected chi connectivity index (χ4v) is 3.82. The lowest BCUT2D eigenvalue weighted by molar-refractivity contribution is 0.361. The summed E-state index contributed by atoms with van der Waals surface area (Å²) in [5, 5.41) is 5.97. The number of hydrogen-bond donors (Lipinski definition) is 1. The minimum atomic E-state index is -3.80. The van der Waals surface area contributed by atoms with Gasteiger partial charge in [0, 0.05) is 19.2 Å². The molecule has 1 atom stereocenters. The van der Waals surface area contributed by atoms with Gasteiger partial charge in [0.2, 0.25) is 5.96 Å². The van der Waals surface area contributed by atoms with Crippen LogP contribution in [0.5, 0.6) is 5.75 Å². The van der Waals surface area contributed by atoms with Crippen molar-refractivity contribution in [3.63, 3.8) is 0 Å². The summed E-state index contributed by atoms with van der Waals surface area (Å²) in [6.07, 6.45) is 2.45. The maximum absolute atomic E-state index is 12.8. The number of sulfonamides is 1. The number of guanidine groups is 1. The number of hydrazone groups is 1. The van der Waals surface area contributed by atoms with Gasteiger partial charge in [0.15, 0.2) is 0 Å². The zero-order chi connectivity index (χ0) is 19.3.